The number of nitrogens with one attached hydrogen (secondary N) is 2. The molecule has 3 rings (SSSR count). The Labute approximate surface area is 137 Å². The number of aromatic nitrogens is 1. The second-order valence-corrected chi connectivity index (χ2v) is 7.18. The Morgan fingerprint density at radius 1 is 1.26 bits per heavy atom. The molecule has 0 unspecified atom stereocenters. The predicted octanol–water partition coefficient (Wildman–Crippen LogP) is 3.57. The van der Waals surface area contributed by atoms with Gasteiger partial charge in [0.2, 0.25) is 5.91 Å². The zero-order chi connectivity index (χ0) is 16.4. The van der Waals surface area contributed by atoms with Crippen molar-refractivity contribution in [1.82, 2.24) is 10.4 Å². The van der Waals surface area contributed by atoms with E-state index in [-0.39, 0.29) is 17.2 Å². The Morgan fingerprint density at radius 3 is 2.61 bits per heavy atom. The molecule has 4 nitrogen and oxygen atoms in total. The molecule has 23 heavy (non-hydrogen) atoms. The number of hydrogen-bond donors (Lipinski definition) is 2. The molecule has 120 valence electrons. The van der Waals surface area contributed by atoms with Gasteiger partial charge in [-0.1, -0.05) is 45.0 Å². The third kappa shape index (κ3) is 3.70. The lowest BCUT2D eigenvalue weighted by atomic mass is 9.86. The maximum atomic E-state index is 12.1. The van der Waals surface area contributed by atoms with Gasteiger partial charge < -0.3 is 4.98 Å². The molecule has 1 fully saturated rings. The number of hydrazone groups is 1. The SMILES string of the molecule is CC(C)(C)c1ccc([C@@H]2C[C@@H]2C(=O)N/N=C/c2ccc[nH]2)cc1. The number of carbonyl (C=O) groups excluding carboxylic acids is 1. The smallest absolute Gasteiger partial charge is 0.243 e. The number of aromatic amines is 1. The maximum absolute atomic E-state index is 12.1. The minimum absolute atomic E-state index is 0.00213. The fourth-order valence-electron chi connectivity index (χ4n) is 2.76. The van der Waals surface area contributed by atoms with Crippen LogP contribution < -0.4 is 5.43 Å². The lowest BCUT2D eigenvalue weighted by Gasteiger charge is -2.19. The van der Waals surface area contributed by atoms with E-state index in [4.69, 9.17) is 0 Å². The van der Waals surface area contributed by atoms with Crippen molar-refractivity contribution in [3.63, 3.8) is 0 Å². The van der Waals surface area contributed by atoms with Gasteiger partial charge in [0.1, 0.15) is 0 Å². The van der Waals surface area contributed by atoms with E-state index in [1.165, 1.54) is 11.1 Å². The summed E-state index contributed by atoms with van der Waals surface area (Å²) in [4.78, 5) is 15.1. The Balaban J connectivity index is 1.55. The van der Waals surface area contributed by atoms with Crippen molar-refractivity contribution < 1.29 is 4.79 Å². The molecule has 0 spiro atoms. The van der Waals surface area contributed by atoms with Crippen molar-refractivity contribution in [3.05, 3.63) is 59.4 Å². The number of amides is 1. The van der Waals surface area contributed by atoms with Crippen LogP contribution >= 0.6 is 0 Å². The number of carbonyl (C=O) groups is 1. The molecule has 0 radical (unpaired) electrons. The van der Waals surface area contributed by atoms with Crippen LogP contribution in [0.4, 0.5) is 0 Å². The average molecular weight is 309 g/mol. The number of benzene rings is 1. The minimum Gasteiger partial charge on any atom is -0.360 e. The van der Waals surface area contributed by atoms with Crippen molar-refractivity contribution in [3.8, 4) is 0 Å². The van der Waals surface area contributed by atoms with Crippen LogP contribution in [0.15, 0.2) is 47.7 Å². The molecule has 1 aromatic carbocycles. The molecule has 0 aliphatic heterocycles. The van der Waals surface area contributed by atoms with Gasteiger partial charge in [0.15, 0.2) is 0 Å². The van der Waals surface area contributed by atoms with Gasteiger partial charge in [-0.3, -0.25) is 4.79 Å². The highest BCUT2D eigenvalue weighted by Crippen LogP contribution is 2.47. The van der Waals surface area contributed by atoms with Gasteiger partial charge in [0.25, 0.3) is 0 Å². The summed E-state index contributed by atoms with van der Waals surface area (Å²) in [6, 6.07) is 12.4. The first-order valence-electron chi connectivity index (χ1n) is 8.02. The number of hydrogen-bond acceptors (Lipinski definition) is 2. The quantitative estimate of drug-likeness (QED) is 0.658. The maximum Gasteiger partial charge on any atom is 0.243 e. The second-order valence-electron chi connectivity index (χ2n) is 7.18. The average Bonchev–Trinajstić information content (AvgIpc) is 3.15. The molecule has 0 bridgehead atoms. The zero-order valence-electron chi connectivity index (χ0n) is 13.8. The topological polar surface area (TPSA) is 57.2 Å². The largest absolute Gasteiger partial charge is 0.360 e. The van der Waals surface area contributed by atoms with Crippen molar-refractivity contribution in [2.45, 2.75) is 38.5 Å². The molecule has 2 N–H and O–H groups in total. The molecule has 1 heterocycles. The first-order valence-corrected chi connectivity index (χ1v) is 8.02. The molecular formula is C19H23N3O. The van der Waals surface area contributed by atoms with Crippen molar-refractivity contribution in [2.75, 3.05) is 0 Å². The van der Waals surface area contributed by atoms with Gasteiger partial charge in [-0.2, -0.15) is 5.10 Å². The molecular weight excluding hydrogens is 286 g/mol. The lowest BCUT2D eigenvalue weighted by Crippen LogP contribution is -2.20. The van der Waals surface area contributed by atoms with E-state index in [1.54, 1.807) is 6.21 Å². The fraction of sp³-hybridized carbons (Fsp3) is 0.368. The molecule has 2 atom stereocenters. The molecule has 0 saturated heterocycles. The van der Waals surface area contributed by atoms with E-state index >= 15 is 0 Å². The van der Waals surface area contributed by atoms with Crippen molar-refractivity contribution >= 4 is 12.1 Å². The summed E-state index contributed by atoms with van der Waals surface area (Å²) in [6.07, 6.45) is 4.34. The summed E-state index contributed by atoms with van der Waals surface area (Å²) < 4.78 is 0. The summed E-state index contributed by atoms with van der Waals surface area (Å²) in [6.45, 7) is 6.62. The molecule has 1 aliphatic carbocycles. The Bertz CT molecular complexity index is 693. The van der Waals surface area contributed by atoms with Crippen LogP contribution in [0.2, 0.25) is 0 Å². The first-order chi connectivity index (χ1) is 10.9. The third-order valence-electron chi connectivity index (χ3n) is 4.33. The van der Waals surface area contributed by atoms with Gasteiger partial charge in [0.05, 0.1) is 11.9 Å². The van der Waals surface area contributed by atoms with Crippen LogP contribution in [0.25, 0.3) is 0 Å². The highest BCUT2D eigenvalue weighted by Gasteiger charge is 2.43. The first kappa shape index (κ1) is 15.5. The van der Waals surface area contributed by atoms with E-state index in [9.17, 15) is 4.79 Å². The van der Waals surface area contributed by atoms with Gasteiger partial charge in [-0.15, -0.1) is 0 Å². The Morgan fingerprint density at radius 2 is 2.00 bits per heavy atom. The highest BCUT2D eigenvalue weighted by atomic mass is 16.2. The van der Waals surface area contributed by atoms with Gasteiger partial charge in [-0.05, 0) is 41.0 Å². The van der Waals surface area contributed by atoms with Crippen LogP contribution in [-0.4, -0.2) is 17.1 Å². The van der Waals surface area contributed by atoms with Crippen LogP contribution in [0.1, 0.15) is 49.9 Å². The van der Waals surface area contributed by atoms with E-state index in [2.05, 4.69) is 60.5 Å². The highest BCUT2D eigenvalue weighted by molar-refractivity contribution is 5.84. The van der Waals surface area contributed by atoms with Gasteiger partial charge in [-0.25, -0.2) is 5.43 Å². The normalized spacial score (nSPS) is 20.7. The van der Waals surface area contributed by atoms with Crippen LogP contribution in [0.5, 0.6) is 0 Å². The molecule has 1 aliphatic rings. The zero-order valence-corrected chi connectivity index (χ0v) is 13.8. The van der Waals surface area contributed by atoms with Gasteiger partial charge >= 0.3 is 0 Å². The van der Waals surface area contributed by atoms with Crippen molar-refractivity contribution in [1.29, 1.82) is 0 Å². The second kappa shape index (κ2) is 6.03. The van der Waals surface area contributed by atoms with E-state index in [0.29, 0.717) is 5.92 Å². The number of rotatable bonds is 4. The molecule has 4 heteroatoms. The lowest BCUT2D eigenvalue weighted by molar-refractivity contribution is -0.122. The van der Waals surface area contributed by atoms with E-state index < -0.39 is 0 Å². The summed E-state index contributed by atoms with van der Waals surface area (Å²) in [5.41, 5.74) is 6.22. The summed E-state index contributed by atoms with van der Waals surface area (Å²) >= 11 is 0. The minimum atomic E-state index is -0.00213. The fourth-order valence-corrected chi connectivity index (χ4v) is 2.76. The van der Waals surface area contributed by atoms with Gasteiger partial charge in [0, 0.05) is 12.1 Å². The molecule has 1 amide bonds. The molecule has 1 saturated carbocycles. The van der Waals surface area contributed by atoms with Crippen molar-refractivity contribution in [2.24, 2.45) is 11.0 Å². The van der Waals surface area contributed by atoms with E-state index in [1.807, 2.05) is 18.3 Å². The number of H-pyrrole nitrogens is 1. The van der Waals surface area contributed by atoms with Crippen LogP contribution in [-0.2, 0) is 10.2 Å². The summed E-state index contributed by atoms with van der Waals surface area (Å²) in [7, 11) is 0. The standard InChI is InChI=1S/C19H23N3O/c1-19(2,3)14-8-6-13(7-9-14)16-11-17(16)18(23)22-21-12-15-5-4-10-20-15/h4-10,12,16-17,20H,11H2,1-3H3,(H,22,23)/b21-12+/t16-,17-/m0/s1. The van der Waals surface area contributed by atoms with Crippen LogP contribution in [0, 0.1) is 5.92 Å². The Hall–Kier alpha value is -2.36. The Kier molecular flexibility index (Phi) is 4.07. The monoisotopic (exact) mass is 309 g/mol. The van der Waals surface area contributed by atoms with E-state index in [0.717, 1.165) is 12.1 Å². The number of nitrogens with zero attached hydrogens (tertiary/aromatic N) is 1. The third-order valence-corrected chi connectivity index (χ3v) is 4.33. The molecule has 1 aromatic heterocycles. The summed E-state index contributed by atoms with van der Waals surface area (Å²) in [5, 5.41) is 3.99. The predicted molar refractivity (Wildman–Crippen MR) is 92.5 cm³/mol. The summed E-state index contributed by atoms with van der Waals surface area (Å²) in [5.74, 6) is 0.360. The molecule has 2 aromatic rings. The van der Waals surface area contributed by atoms with Crippen LogP contribution in [0.3, 0.4) is 0 Å².